The van der Waals surface area contributed by atoms with E-state index in [0.717, 1.165) is 5.01 Å². The molecular formula is C11H13N3O4S3. The van der Waals surface area contributed by atoms with E-state index < -0.39 is 20.2 Å². The van der Waals surface area contributed by atoms with E-state index in [4.69, 9.17) is 12.2 Å². The van der Waals surface area contributed by atoms with Gasteiger partial charge < -0.3 is 4.90 Å². The number of piperazine rings is 1. The smallest absolute Gasteiger partial charge is 0.201 e. The van der Waals surface area contributed by atoms with Gasteiger partial charge in [0.25, 0.3) is 0 Å². The van der Waals surface area contributed by atoms with Crippen molar-refractivity contribution in [2.24, 2.45) is 0 Å². The van der Waals surface area contributed by atoms with Crippen molar-refractivity contribution < 1.29 is 13.5 Å². The summed E-state index contributed by atoms with van der Waals surface area (Å²) in [6.07, 6.45) is 0. The van der Waals surface area contributed by atoms with Crippen LogP contribution in [0, 0.1) is 10.1 Å². The quantitative estimate of drug-likeness (QED) is 0.375. The molecule has 7 nitrogen and oxygen atoms in total. The maximum Gasteiger partial charge on any atom is 0.201 e. The van der Waals surface area contributed by atoms with Gasteiger partial charge in [-0.2, -0.15) is 0 Å². The maximum atomic E-state index is 12.7. The first-order valence-electron chi connectivity index (χ1n) is 6.02. The van der Waals surface area contributed by atoms with Crippen LogP contribution in [0.3, 0.4) is 0 Å². The third kappa shape index (κ3) is 3.27. The topological polar surface area (TPSA) is 83.8 Å². The molecule has 1 fully saturated rings. The van der Waals surface area contributed by atoms with Crippen molar-refractivity contribution in [3.63, 3.8) is 0 Å². The second kappa shape index (κ2) is 6.16. The lowest BCUT2D eigenvalue weighted by Gasteiger charge is -2.37. The number of benzene rings is 1. The van der Waals surface area contributed by atoms with Crippen molar-refractivity contribution in [1.82, 2.24) is 9.91 Å². The summed E-state index contributed by atoms with van der Waals surface area (Å²) in [4.78, 5) is 12.4. The van der Waals surface area contributed by atoms with Crippen LogP contribution in [0.1, 0.15) is 0 Å². The molecule has 2 rings (SSSR count). The Bertz CT molecular complexity index is 650. The SMILES string of the molecule is O=[N+]([O-])N1CCN(C(=S)S)C(S(=O)(=O)c2ccccc2)C1. The molecule has 1 saturated heterocycles. The molecule has 1 heterocycles. The van der Waals surface area contributed by atoms with Gasteiger partial charge in [0.2, 0.25) is 9.84 Å². The van der Waals surface area contributed by atoms with E-state index in [9.17, 15) is 18.5 Å². The second-order valence-electron chi connectivity index (χ2n) is 4.44. The third-order valence-corrected chi connectivity index (χ3v) is 5.76. The molecule has 1 atom stereocenters. The number of sulfone groups is 1. The highest BCUT2D eigenvalue weighted by Gasteiger charge is 2.41. The van der Waals surface area contributed by atoms with Gasteiger partial charge in [-0.1, -0.05) is 30.4 Å². The first-order valence-corrected chi connectivity index (χ1v) is 8.42. The Balaban J connectivity index is 2.40. The fourth-order valence-corrected chi connectivity index (χ4v) is 4.50. The van der Waals surface area contributed by atoms with Gasteiger partial charge in [0.15, 0.2) is 10.4 Å². The summed E-state index contributed by atoms with van der Waals surface area (Å²) in [7, 11) is -3.78. The zero-order valence-corrected chi connectivity index (χ0v) is 13.4. The summed E-state index contributed by atoms with van der Waals surface area (Å²) in [6.45, 7) is -0.0283. The van der Waals surface area contributed by atoms with Crippen molar-refractivity contribution in [3.8, 4) is 0 Å². The van der Waals surface area contributed by atoms with Crippen LogP contribution in [-0.2, 0) is 9.84 Å². The van der Waals surface area contributed by atoms with Crippen LogP contribution in [0.2, 0.25) is 0 Å². The molecule has 10 heteroatoms. The van der Waals surface area contributed by atoms with Crippen LogP contribution >= 0.6 is 24.8 Å². The minimum atomic E-state index is -3.78. The molecule has 1 unspecified atom stereocenters. The number of hydrazine groups is 1. The maximum absolute atomic E-state index is 12.7. The molecule has 1 aliphatic heterocycles. The molecule has 0 N–H and O–H groups in total. The van der Waals surface area contributed by atoms with E-state index in [1.54, 1.807) is 18.2 Å². The van der Waals surface area contributed by atoms with Crippen molar-refractivity contribution in [3.05, 3.63) is 40.4 Å². The monoisotopic (exact) mass is 347 g/mol. The lowest BCUT2D eigenvalue weighted by Crippen LogP contribution is -2.58. The fraction of sp³-hybridized carbons (Fsp3) is 0.364. The molecule has 0 radical (unpaired) electrons. The van der Waals surface area contributed by atoms with Gasteiger partial charge in [-0.25, -0.2) is 18.5 Å². The molecule has 0 saturated carbocycles. The molecule has 0 spiro atoms. The predicted octanol–water partition coefficient (Wildman–Crippen LogP) is 0.810. The lowest BCUT2D eigenvalue weighted by atomic mass is 10.4. The Morgan fingerprint density at radius 2 is 1.95 bits per heavy atom. The largest absolute Gasteiger partial charge is 0.337 e. The number of thiocarbonyl (C=S) groups is 1. The molecule has 21 heavy (non-hydrogen) atoms. The van der Waals surface area contributed by atoms with Crippen LogP contribution in [0.5, 0.6) is 0 Å². The van der Waals surface area contributed by atoms with Crippen LogP contribution in [0.15, 0.2) is 35.2 Å². The molecule has 1 aliphatic rings. The first kappa shape index (κ1) is 16.0. The van der Waals surface area contributed by atoms with Crippen molar-refractivity contribution in [2.75, 3.05) is 19.6 Å². The van der Waals surface area contributed by atoms with Crippen molar-refractivity contribution >= 4 is 39.0 Å². The summed E-state index contributed by atoms with van der Waals surface area (Å²) >= 11 is 8.98. The highest BCUT2D eigenvalue weighted by molar-refractivity contribution is 8.11. The van der Waals surface area contributed by atoms with Gasteiger partial charge in [0, 0.05) is 6.54 Å². The van der Waals surface area contributed by atoms with E-state index in [0.29, 0.717) is 0 Å². The van der Waals surface area contributed by atoms with Crippen LogP contribution in [0.25, 0.3) is 0 Å². The number of nitrogens with zero attached hydrogens (tertiary/aromatic N) is 3. The number of nitro groups is 1. The van der Waals surface area contributed by atoms with Gasteiger partial charge in [-0.15, -0.1) is 17.6 Å². The molecule has 0 aliphatic carbocycles. The Labute approximate surface area is 133 Å². The minimum Gasteiger partial charge on any atom is -0.337 e. The summed E-state index contributed by atoms with van der Waals surface area (Å²) in [5, 5.41) is 10.1. The van der Waals surface area contributed by atoms with Gasteiger partial charge in [0.1, 0.15) is 10.9 Å². The van der Waals surface area contributed by atoms with Gasteiger partial charge >= 0.3 is 0 Å². The standard InChI is InChI=1S/C11H13N3O4S3/c15-14(16)12-6-7-13(11(19)20)10(8-12)21(17,18)9-4-2-1-3-5-9/h1-5,10H,6-8H2,(H,19,20). The Morgan fingerprint density at radius 3 is 2.48 bits per heavy atom. The predicted molar refractivity (Wildman–Crippen MR) is 84.3 cm³/mol. The number of hydrogen-bond acceptors (Lipinski definition) is 5. The van der Waals surface area contributed by atoms with E-state index in [1.807, 2.05) is 0 Å². The van der Waals surface area contributed by atoms with Crippen LogP contribution in [-0.4, -0.2) is 52.7 Å². The van der Waals surface area contributed by atoms with E-state index >= 15 is 0 Å². The zero-order valence-electron chi connectivity index (χ0n) is 10.8. The van der Waals surface area contributed by atoms with E-state index in [2.05, 4.69) is 12.6 Å². The molecule has 1 aromatic carbocycles. The second-order valence-corrected chi connectivity index (χ2v) is 7.66. The Hall–Kier alpha value is -1.39. The Kier molecular flexibility index (Phi) is 4.69. The average Bonchev–Trinajstić information content (AvgIpc) is 2.47. The summed E-state index contributed by atoms with van der Waals surface area (Å²) in [5.41, 5.74) is 0. The fourth-order valence-electron chi connectivity index (χ4n) is 2.14. The highest BCUT2D eigenvalue weighted by Crippen LogP contribution is 2.23. The lowest BCUT2D eigenvalue weighted by molar-refractivity contribution is -0.658. The van der Waals surface area contributed by atoms with Crippen LogP contribution < -0.4 is 0 Å². The number of rotatable bonds is 3. The van der Waals surface area contributed by atoms with E-state index in [1.165, 1.54) is 17.0 Å². The molecule has 0 aromatic heterocycles. The van der Waals surface area contributed by atoms with Crippen molar-refractivity contribution in [2.45, 2.75) is 10.3 Å². The molecule has 0 bridgehead atoms. The normalized spacial score (nSPS) is 19.4. The van der Waals surface area contributed by atoms with Gasteiger partial charge in [-0.05, 0) is 12.1 Å². The number of thiol groups is 1. The summed E-state index contributed by atoms with van der Waals surface area (Å²) in [6, 6.07) is 7.82. The van der Waals surface area contributed by atoms with Gasteiger partial charge in [0.05, 0.1) is 11.4 Å². The Morgan fingerprint density at radius 1 is 1.33 bits per heavy atom. The molecular weight excluding hydrogens is 334 g/mol. The summed E-state index contributed by atoms with van der Waals surface area (Å²) in [5.74, 6) is 0. The van der Waals surface area contributed by atoms with Crippen molar-refractivity contribution in [1.29, 1.82) is 0 Å². The summed E-state index contributed by atoms with van der Waals surface area (Å²) < 4.78 is 25.5. The highest BCUT2D eigenvalue weighted by atomic mass is 32.2. The average molecular weight is 347 g/mol. The first-order chi connectivity index (χ1) is 9.84. The zero-order chi connectivity index (χ0) is 15.6. The third-order valence-electron chi connectivity index (χ3n) is 3.22. The number of hydrogen-bond donors (Lipinski definition) is 1. The molecule has 114 valence electrons. The van der Waals surface area contributed by atoms with Gasteiger partial charge in [-0.3, -0.25) is 0 Å². The molecule has 0 amide bonds. The molecule has 1 aromatic rings. The minimum absolute atomic E-state index is 0.0918. The van der Waals surface area contributed by atoms with Crippen LogP contribution in [0.4, 0.5) is 0 Å². The van der Waals surface area contributed by atoms with E-state index in [-0.39, 0.29) is 28.9 Å².